The van der Waals surface area contributed by atoms with Gasteiger partial charge in [0, 0.05) is 16.5 Å². The van der Waals surface area contributed by atoms with E-state index in [0.29, 0.717) is 62.3 Å². The topological polar surface area (TPSA) is 87.5 Å². The Labute approximate surface area is 233 Å². The number of nitrogens with zero attached hydrogens (tertiary/aromatic N) is 3. The van der Waals surface area contributed by atoms with Gasteiger partial charge in [-0.25, -0.2) is 9.48 Å². The van der Waals surface area contributed by atoms with Crippen LogP contribution in [0.4, 0.5) is 5.95 Å². The number of thioether (sulfide) groups is 1. The number of anilines is 1. The van der Waals surface area contributed by atoms with Crippen molar-refractivity contribution in [2.24, 2.45) is 0 Å². The number of carbonyl (C=O) groups is 1. The van der Waals surface area contributed by atoms with Gasteiger partial charge in [-0.1, -0.05) is 41.6 Å². The molecular weight excluding hydrogens is 580 g/mol. The number of halogens is 2. The maximum absolute atomic E-state index is 13.2. The Morgan fingerprint density at radius 2 is 1.92 bits per heavy atom. The summed E-state index contributed by atoms with van der Waals surface area (Å²) in [5.41, 5.74) is 2.86. The van der Waals surface area contributed by atoms with Gasteiger partial charge in [0.05, 0.1) is 29.9 Å². The fourth-order valence-corrected chi connectivity index (χ4v) is 5.71. The molecule has 0 amide bonds. The fraction of sp³-hybridized carbons (Fsp3) is 0.346. The van der Waals surface area contributed by atoms with E-state index in [4.69, 9.17) is 35.9 Å². The number of esters is 1. The minimum absolute atomic E-state index is 0.253. The first-order valence-electron chi connectivity index (χ1n) is 11.9. The highest BCUT2D eigenvalue weighted by atomic mass is 79.9. The Morgan fingerprint density at radius 3 is 2.62 bits per heavy atom. The lowest BCUT2D eigenvalue weighted by molar-refractivity contribution is -0.139. The van der Waals surface area contributed by atoms with Crippen molar-refractivity contribution in [1.29, 1.82) is 0 Å². The van der Waals surface area contributed by atoms with Gasteiger partial charge >= 0.3 is 5.97 Å². The second-order valence-corrected chi connectivity index (χ2v) is 10.2. The van der Waals surface area contributed by atoms with Crippen molar-refractivity contribution in [3.05, 3.63) is 68.3 Å². The maximum atomic E-state index is 13.2. The van der Waals surface area contributed by atoms with E-state index in [-0.39, 0.29) is 6.61 Å². The van der Waals surface area contributed by atoms with E-state index < -0.39 is 12.0 Å². The lowest BCUT2D eigenvalue weighted by Gasteiger charge is -2.28. The van der Waals surface area contributed by atoms with Crippen LogP contribution in [0.5, 0.6) is 11.5 Å². The number of fused-ring (bicyclic) bond motifs is 1. The number of carbonyl (C=O) groups excluding carboxylic acids is 1. The summed E-state index contributed by atoms with van der Waals surface area (Å²) in [4.78, 5) is 17.8. The van der Waals surface area contributed by atoms with Crippen LogP contribution in [0.3, 0.4) is 0 Å². The number of ether oxygens (including phenoxy) is 3. The predicted octanol–water partition coefficient (Wildman–Crippen LogP) is 6.64. The summed E-state index contributed by atoms with van der Waals surface area (Å²) in [6, 6.07) is 10.9. The molecule has 8 nitrogen and oxygen atoms in total. The highest BCUT2D eigenvalue weighted by Gasteiger charge is 2.36. The molecule has 37 heavy (non-hydrogen) atoms. The third-order valence-electron chi connectivity index (χ3n) is 5.58. The molecule has 1 aromatic heterocycles. The molecule has 1 aliphatic rings. The monoisotopic (exact) mass is 606 g/mol. The molecule has 1 atom stereocenters. The standard InChI is InChI=1S/C26H28BrClN4O4S/c1-5-34-20-13-17(12-18(27)23(20)35-6-2)22-21(24(33)36-7-3)15(4)29-25-30-26(31-32(22)25)37-14-16-10-8-9-11-19(16)28/h8-13,22H,5-7,14H2,1-4H3,(H,29,30,31). The zero-order valence-corrected chi connectivity index (χ0v) is 24.2. The van der Waals surface area contributed by atoms with Crippen LogP contribution in [-0.2, 0) is 15.3 Å². The lowest BCUT2D eigenvalue weighted by atomic mass is 9.95. The molecule has 4 rings (SSSR count). The van der Waals surface area contributed by atoms with Gasteiger partial charge in [-0.3, -0.25) is 0 Å². The molecule has 0 saturated heterocycles. The van der Waals surface area contributed by atoms with E-state index in [0.717, 1.165) is 11.1 Å². The minimum atomic E-state index is -0.594. The average Bonchev–Trinajstić information content (AvgIpc) is 3.27. The summed E-state index contributed by atoms with van der Waals surface area (Å²) in [6.07, 6.45) is 0. The van der Waals surface area contributed by atoms with Gasteiger partial charge in [0.15, 0.2) is 11.5 Å². The van der Waals surface area contributed by atoms with Gasteiger partial charge in [-0.15, -0.1) is 5.10 Å². The van der Waals surface area contributed by atoms with Crippen molar-refractivity contribution in [2.75, 3.05) is 25.1 Å². The molecule has 0 bridgehead atoms. The van der Waals surface area contributed by atoms with Gasteiger partial charge in [-0.2, -0.15) is 4.98 Å². The molecule has 2 heterocycles. The average molecular weight is 608 g/mol. The Kier molecular flexibility index (Phi) is 9.04. The van der Waals surface area contributed by atoms with Crippen molar-refractivity contribution < 1.29 is 19.0 Å². The summed E-state index contributed by atoms with van der Waals surface area (Å²) >= 11 is 11.4. The Morgan fingerprint density at radius 1 is 1.16 bits per heavy atom. The molecule has 196 valence electrons. The number of nitrogens with one attached hydrogen (secondary N) is 1. The number of hydrogen-bond donors (Lipinski definition) is 1. The minimum Gasteiger partial charge on any atom is -0.490 e. The van der Waals surface area contributed by atoms with Crippen LogP contribution < -0.4 is 14.8 Å². The van der Waals surface area contributed by atoms with Gasteiger partial charge < -0.3 is 19.5 Å². The number of benzene rings is 2. The van der Waals surface area contributed by atoms with E-state index in [1.54, 1.807) is 11.6 Å². The van der Waals surface area contributed by atoms with Crippen LogP contribution in [0, 0.1) is 0 Å². The molecule has 0 saturated carbocycles. The van der Waals surface area contributed by atoms with Crippen LogP contribution in [0.25, 0.3) is 0 Å². The van der Waals surface area contributed by atoms with E-state index >= 15 is 0 Å². The van der Waals surface area contributed by atoms with Crippen LogP contribution >= 0.6 is 39.3 Å². The van der Waals surface area contributed by atoms with E-state index in [9.17, 15) is 4.79 Å². The van der Waals surface area contributed by atoms with Crippen molar-refractivity contribution in [2.45, 2.75) is 44.6 Å². The number of allylic oxidation sites excluding steroid dienone is 1. The number of aromatic nitrogens is 3. The van der Waals surface area contributed by atoms with Crippen molar-refractivity contribution in [3.63, 3.8) is 0 Å². The summed E-state index contributed by atoms with van der Waals surface area (Å²) in [6.45, 7) is 8.63. The summed E-state index contributed by atoms with van der Waals surface area (Å²) < 4.78 is 19.6. The molecule has 0 aliphatic carbocycles. The van der Waals surface area contributed by atoms with Crippen LogP contribution in [0.1, 0.15) is 44.9 Å². The first-order valence-corrected chi connectivity index (χ1v) is 14.1. The Hall–Kier alpha value is -2.69. The molecule has 11 heteroatoms. The Bertz CT molecular complexity index is 1330. The van der Waals surface area contributed by atoms with Crippen LogP contribution in [-0.4, -0.2) is 40.6 Å². The van der Waals surface area contributed by atoms with Crippen LogP contribution in [0.2, 0.25) is 5.02 Å². The number of hydrogen-bond acceptors (Lipinski definition) is 8. The first-order chi connectivity index (χ1) is 17.9. The zero-order chi connectivity index (χ0) is 26.5. The summed E-state index contributed by atoms with van der Waals surface area (Å²) in [7, 11) is 0. The maximum Gasteiger partial charge on any atom is 0.338 e. The van der Waals surface area contributed by atoms with E-state index in [1.165, 1.54) is 11.8 Å². The first kappa shape index (κ1) is 27.3. The second kappa shape index (κ2) is 12.2. The molecular formula is C26H28BrClN4O4S. The zero-order valence-electron chi connectivity index (χ0n) is 21.0. The van der Waals surface area contributed by atoms with Gasteiger partial charge in [0.2, 0.25) is 11.1 Å². The second-order valence-electron chi connectivity index (χ2n) is 8.03. The van der Waals surface area contributed by atoms with Crippen molar-refractivity contribution in [3.8, 4) is 11.5 Å². The highest BCUT2D eigenvalue weighted by Crippen LogP contribution is 2.43. The fourth-order valence-electron chi connectivity index (χ4n) is 4.02. The smallest absolute Gasteiger partial charge is 0.338 e. The normalized spacial score (nSPS) is 14.7. The number of rotatable bonds is 10. The molecule has 1 aliphatic heterocycles. The largest absolute Gasteiger partial charge is 0.490 e. The van der Waals surface area contributed by atoms with Crippen molar-refractivity contribution in [1.82, 2.24) is 14.8 Å². The van der Waals surface area contributed by atoms with Gasteiger partial charge in [0.25, 0.3) is 0 Å². The predicted molar refractivity (Wildman–Crippen MR) is 149 cm³/mol. The third-order valence-corrected chi connectivity index (χ3v) is 7.42. The quantitative estimate of drug-likeness (QED) is 0.203. The molecule has 0 spiro atoms. The third kappa shape index (κ3) is 5.91. The van der Waals surface area contributed by atoms with Crippen LogP contribution in [0.15, 0.2) is 57.3 Å². The Balaban J connectivity index is 1.78. The van der Waals surface area contributed by atoms with Crippen molar-refractivity contribution >= 4 is 51.2 Å². The van der Waals surface area contributed by atoms with E-state index in [2.05, 4.69) is 21.2 Å². The molecule has 3 aromatic rings. The lowest BCUT2D eigenvalue weighted by Crippen LogP contribution is -2.29. The molecule has 2 aromatic carbocycles. The summed E-state index contributed by atoms with van der Waals surface area (Å²) in [5, 5.41) is 9.25. The molecule has 0 radical (unpaired) electrons. The molecule has 1 unspecified atom stereocenters. The van der Waals surface area contributed by atoms with E-state index in [1.807, 2.05) is 57.2 Å². The SMILES string of the molecule is CCOC(=O)C1=C(C)Nc2nc(SCc3ccccc3Cl)nn2C1c1cc(Br)c(OCC)c(OCC)c1. The van der Waals surface area contributed by atoms with Gasteiger partial charge in [0.1, 0.15) is 6.04 Å². The van der Waals surface area contributed by atoms with Gasteiger partial charge in [-0.05, 0) is 73.0 Å². The summed E-state index contributed by atoms with van der Waals surface area (Å²) in [5.74, 6) is 1.89. The molecule has 1 N–H and O–H groups in total. The molecule has 0 fully saturated rings. The highest BCUT2D eigenvalue weighted by molar-refractivity contribution is 9.10.